The Kier molecular flexibility index (Phi) is 19.5. The minimum atomic E-state index is 0.730. The van der Waals surface area contributed by atoms with E-state index in [1.165, 1.54) is 70.8 Å². The molecule has 0 aliphatic heterocycles. The summed E-state index contributed by atoms with van der Waals surface area (Å²) in [5, 5.41) is 3.65. The number of ether oxygens (including phenoxy) is 1. The van der Waals surface area contributed by atoms with Gasteiger partial charge in [0.25, 0.3) is 0 Å². The second-order valence-electron chi connectivity index (χ2n) is 8.54. The van der Waals surface area contributed by atoms with Crippen molar-refractivity contribution in [1.82, 2.24) is 10.2 Å². The predicted octanol–water partition coefficient (Wildman–Crippen LogP) is 5.74. The lowest BCUT2D eigenvalue weighted by Gasteiger charge is -2.19. The van der Waals surface area contributed by atoms with Crippen LogP contribution in [0.4, 0.5) is 0 Å². The van der Waals surface area contributed by atoms with Crippen LogP contribution in [0.5, 0.6) is 0 Å². The third kappa shape index (κ3) is 18.7. The van der Waals surface area contributed by atoms with Gasteiger partial charge in [0.1, 0.15) is 0 Å². The van der Waals surface area contributed by atoms with Gasteiger partial charge in [-0.1, -0.05) is 79.1 Å². The van der Waals surface area contributed by atoms with Crippen molar-refractivity contribution in [2.45, 2.75) is 91.9 Å². The van der Waals surface area contributed by atoms with Gasteiger partial charge >= 0.3 is 0 Å². The molecule has 0 saturated heterocycles. The molecule has 0 unspecified atom stereocenters. The number of rotatable bonds is 20. The number of hydrogen-bond acceptors (Lipinski definition) is 3. The van der Waals surface area contributed by atoms with Crippen LogP contribution in [0.1, 0.15) is 91.9 Å². The lowest BCUT2D eigenvalue weighted by molar-refractivity contribution is 0.109. The molecule has 3 heteroatoms. The van der Waals surface area contributed by atoms with Crippen LogP contribution >= 0.6 is 0 Å². The first kappa shape index (κ1) is 25.9. The van der Waals surface area contributed by atoms with Crippen molar-refractivity contribution in [2.75, 3.05) is 46.4 Å². The van der Waals surface area contributed by atoms with Crippen LogP contribution < -0.4 is 5.32 Å². The lowest BCUT2D eigenvalue weighted by Crippen LogP contribution is -2.29. The van der Waals surface area contributed by atoms with Crippen molar-refractivity contribution in [3.8, 4) is 0 Å². The molecule has 3 nitrogen and oxygen atoms in total. The van der Waals surface area contributed by atoms with E-state index >= 15 is 0 Å². The first-order valence-electron chi connectivity index (χ1n) is 11.6. The summed E-state index contributed by atoms with van der Waals surface area (Å²) in [5.41, 5.74) is 0. The highest BCUT2D eigenvalue weighted by molar-refractivity contribution is 4.64. The number of unbranched alkanes of at least 4 members (excludes halogenated alkanes) is 6. The van der Waals surface area contributed by atoms with E-state index in [2.05, 4.69) is 45.0 Å². The Bertz CT molecular complexity index is 259. The highest BCUT2D eigenvalue weighted by Gasteiger charge is 2.08. The molecule has 0 heterocycles. The van der Waals surface area contributed by atoms with Crippen LogP contribution in [0.2, 0.25) is 0 Å². The van der Waals surface area contributed by atoms with Crippen LogP contribution in [-0.2, 0) is 4.74 Å². The summed E-state index contributed by atoms with van der Waals surface area (Å²) < 4.78 is 5.79. The van der Waals surface area contributed by atoms with E-state index in [9.17, 15) is 0 Å². The summed E-state index contributed by atoms with van der Waals surface area (Å²) in [6, 6.07) is 0. The second kappa shape index (κ2) is 19.6. The summed E-state index contributed by atoms with van der Waals surface area (Å²) in [6.07, 6.45) is 13.9. The van der Waals surface area contributed by atoms with Gasteiger partial charge in [-0.3, -0.25) is 0 Å². The number of likely N-dealkylation sites (N-methyl/N-ethyl adjacent to an activating group) is 1. The van der Waals surface area contributed by atoms with E-state index in [4.69, 9.17) is 4.74 Å². The molecule has 0 aliphatic carbocycles. The number of hydrogen-bond donors (Lipinski definition) is 1. The lowest BCUT2D eigenvalue weighted by atomic mass is 9.94. The average molecular weight is 371 g/mol. The van der Waals surface area contributed by atoms with Crippen molar-refractivity contribution in [2.24, 2.45) is 11.8 Å². The fourth-order valence-corrected chi connectivity index (χ4v) is 3.56. The molecule has 0 spiro atoms. The van der Waals surface area contributed by atoms with Crippen molar-refractivity contribution in [1.29, 1.82) is 0 Å². The SMILES string of the molecule is CCCCCCC(CCCCCC)CNCCOCCN(C)CC(C)C. The second-order valence-corrected chi connectivity index (χ2v) is 8.54. The molecule has 1 N–H and O–H groups in total. The van der Waals surface area contributed by atoms with Gasteiger partial charge in [-0.25, -0.2) is 0 Å². The summed E-state index contributed by atoms with van der Waals surface area (Å²) >= 11 is 0. The van der Waals surface area contributed by atoms with Crippen LogP contribution in [-0.4, -0.2) is 51.3 Å². The zero-order valence-electron chi connectivity index (χ0n) is 18.8. The van der Waals surface area contributed by atoms with Gasteiger partial charge in [-0.05, 0) is 38.3 Å². The van der Waals surface area contributed by atoms with E-state index in [-0.39, 0.29) is 0 Å². The molecule has 0 bridgehead atoms. The quantitative estimate of drug-likeness (QED) is 0.277. The largest absolute Gasteiger partial charge is 0.379 e. The molecule has 0 aromatic heterocycles. The summed E-state index contributed by atoms with van der Waals surface area (Å²) in [7, 11) is 2.18. The van der Waals surface area contributed by atoms with E-state index in [1.54, 1.807) is 0 Å². The van der Waals surface area contributed by atoms with Crippen molar-refractivity contribution >= 4 is 0 Å². The third-order valence-corrected chi connectivity index (χ3v) is 5.08. The van der Waals surface area contributed by atoms with Crippen LogP contribution in [0.25, 0.3) is 0 Å². The Morgan fingerprint density at radius 3 is 2.00 bits per heavy atom. The van der Waals surface area contributed by atoms with Gasteiger partial charge in [0.2, 0.25) is 0 Å². The molecule has 0 atom stereocenters. The van der Waals surface area contributed by atoms with Gasteiger partial charge in [-0.15, -0.1) is 0 Å². The summed E-state index contributed by atoms with van der Waals surface area (Å²) in [6.45, 7) is 15.2. The van der Waals surface area contributed by atoms with Gasteiger partial charge in [-0.2, -0.15) is 0 Å². The molecule has 0 aliphatic rings. The Morgan fingerprint density at radius 1 is 0.846 bits per heavy atom. The molecule has 26 heavy (non-hydrogen) atoms. The predicted molar refractivity (Wildman–Crippen MR) is 117 cm³/mol. The monoisotopic (exact) mass is 370 g/mol. The highest BCUT2D eigenvalue weighted by Crippen LogP contribution is 2.17. The first-order chi connectivity index (χ1) is 12.6. The van der Waals surface area contributed by atoms with Crippen molar-refractivity contribution in [3.05, 3.63) is 0 Å². The number of nitrogens with zero attached hydrogens (tertiary/aromatic N) is 1. The third-order valence-electron chi connectivity index (χ3n) is 5.08. The minimum absolute atomic E-state index is 0.730. The van der Waals surface area contributed by atoms with E-state index in [1.807, 2.05) is 0 Å². The van der Waals surface area contributed by atoms with Crippen LogP contribution in [0.15, 0.2) is 0 Å². The molecule has 0 rings (SSSR count). The zero-order valence-corrected chi connectivity index (χ0v) is 18.8. The van der Waals surface area contributed by atoms with Crippen molar-refractivity contribution < 1.29 is 4.74 Å². The molecule has 0 fully saturated rings. The molecular formula is C23H50N2O. The molecule has 0 amide bonds. The van der Waals surface area contributed by atoms with E-state index < -0.39 is 0 Å². The van der Waals surface area contributed by atoms with Gasteiger partial charge in [0.15, 0.2) is 0 Å². The maximum Gasteiger partial charge on any atom is 0.0593 e. The van der Waals surface area contributed by atoms with E-state index in [0.717, 1.165) is 44.7 Å². The smallest absolute Gasteiger partial charge is 0.0593 e. The van der Waals surface area contributed by atoms with Crippen LogP contribution in [0.3, 0.4) is 0 Å². The summed E-state index contributed by atoms with van der Waals surface area (Å²) in [5.74, 6) is 1.59. The minimum Gasteiger partial charge on any atom is -0.379 e. The highest BCUT2D eigenvalue weighted by atomic mass is 16.5. The van der Waals surface area contributed by atoms with Crippen LogP contribution in [0, 0.1) is 11.8 Å². The Balaban J connectivity index is 3.71. The Hall–Kier alpha value is -0.120. The zero-order chi connectivity index (χ0) is 19.5. The van der Waals surface area contributed by atoms with Gasteiger partial charge < -0.3 is 15.0 Å². The first-order valence-corrected chi connectivity index (χ1v) is 11.6. The molecule has 0 saturated carbocycles. The molecule has 158 valence electrons. The Morgan fingerprint density at radius 2 is 1.46 bits per heavy atom. The van der Waals surface area contributed by atoms with Gasteiger partial charge in [0, 0.05) is 19.6 Å². The van der Waals surface area contributed by atoms with Gasteiger partial charge in [0.05, 0.1) is 13.2 Å². The van der Waals surface area contributed by atoms with Crippen molar-refractivity contribution in [3.63, 3.8) is 0 Å². The fourth-order valence-electron chi connectivity index (χ4n) is 3.56. The van der Waals surface area contributed by atoms with E-state index in [0.29, 0.717) is 0 Å². The standard InChI is InChI=1S/C23H50N2O/c1-6-8-10-12-14-23(15-13-11-9-7-2)20-24-16-18-26-19-17-25(5)21-22(3)4/h22-24H,6-21H2,1-5H3. The Labute approximate surface area is 165 Å². The maximum absolute atomic E-state index is 5.79. The molecule has 0 radical (unpaired) electrons. The normalized spacial score (nSPS) is 12.0. The summed E-state index contributed by atoms with van der Waals surface area (Å²) in [4.78, 5) is 2.36. The molecule has 0 aromatic rings. The number of nitrogens with one attached hydrogen (secondary N) is 1. The molecule has 0 aromatic carbocycles. The fraction of sp³-hybridized carbons (Fsp3) is 1.00. The molecular weight excluding hydrogens is 320 g/mol. The maximum atomic E-state index is 5.79. The topological polar surface area (TPSA) is 24.5 Å². The average Bonchev–Trinajstić information content (AvgIpc) is 2.60.